The average molecular weight is 1010 g/mol. The molecule has 376 valence electrons. The van der Waals surface area contributed by atoms with E-state index in [2.05, 4.69) is 262 Å². The Morgan fingerprint density at radius 1 is 0.487 bits per heavy atom. The molecule has 0 saturated heterocycles. The Hall–Kier alpha value is -8.54. The van der Waals surface area contributed by atoms with Crippen LogP contribution in [0, 0.1) is 0 Å². The summed E-state index contributed by atoms with van der Waals surface area (Å²) in [5, 5.41) is 2.26. The van der Waals surface area contributed by atoms with Crippen LogP contribution in [0.15, 0.2) is 217 Å². The Bertz CT molecular complexity index is 4250. The molecule has 0 atom stereocenters. The lowest BCUT2D eigenvalue weighted by molar-refractivity contribution is 0.332. The lowest BCUT2D eigenvalue weighted by Crippen LogP contribution is -2.62. The van der Waals surface area contributed by atoms with Gasteiger partial charge >= 0.3 is 6.85 Å². The van der Waals surface area contributed by atoms with Crippen molar-refractivity contribution in [2.75, 3.05) is 14.6 Å². The predicted octanol–water partition coefficient (Wildman–Crippen LogP) is 18.1. The van der Waals surface area contributed by atoms with Gasteiger partial charge in [-0.2, -0.15) is 0 Å². The summed E-state index contributed by atoms with van der Waals surface area (Å²) < 4.78 is 7.30. The zero-order valence-corrected chi connectivity index (χ0v) is 45.1. The first-order valence-corrected chi connectivity index (χ1v) is 28.4. The summed E-state index contributed by atoms with van der Waals surface area (Å²) in [4.78, 5) is 7.87. The van der Waals surface area contributed by atoms with E-state index in [-0.39, 0.29) is 17.7 Å². The fourth-order valence-corrected chi connectivity index (χ4v) is 15.1. The van der Waals surface area contributed by atoms with E-state index < -0.39 is 5.41 Å². The van der Waals surface area contributed by atoms with Crippen LogP contribution in [0.2, 0.25) is 0 Å². The standard InChI is InChI=1S/C73H60BN3O/c1-6-7-20-46-33-35-48(36-34-46)75(47-21-9-8-10-22-47)50-43-56-54-38-39-55-53-25-13-18-32-66(53)78-70(55)68(54)77(49-37-40-59-62(44-49)72(4,5)42-41-71(59,2)3)74-63-30-19-29-61-69(63)76(65(45-50)67(56)74)64-31-17-16-28-60(64)73(61)57-26-14-11-23-51(57)52-24-12-15-27-58(52)73/h8-19,21-40,43-45H,6-7,20,41-42H2,1-5H3. The third-order valence-electron chi connectivity index (χ3n) is 18.9. The van der Waals surface area contributed by atoms with Gasteiger partial charge < -0.3 is 19.0 Å². The SMILES string of the molecule is CCCCc1ccc(N(c2ccccc2)c2cc3c4c(c2)N2c5ccccc5C5(c6ccccc6-c6ccccc65)c5cccc(c52)B4N(c2ccc4c(c2)C(C)(C)CCC4(C)C)c2c-3ccc3c2oc2ccccc23)cc1. The number of unbranched alkanes of at least 4 members (excludes halogenated alkanes) is 1. The molecule has 0 N–H and O–H groups in total. The number of hydrogen-bond donors (Lipinski definition) is 0. The predicted molar refractivity (Wildman–Crippen MR) is 327 cm³/mol. The number of para-hydroxylation sites is 4. The van der Waals surface area contributed by atoms with Crippen molar-refractivity contribution in [1.29, 1.82) is 0 Å². The zero-order chi connectivity index (χ0) is 52.2. The van der Waals surface area contributed by atoms with Crippen molar-refractivity contribution in [2.45, 2.75) is 83.0 Å². The molecule has 10 aromatic carbocycles. The van der Waals surface area contributed by atoms with Crippen molar-refractivity contribution in [3.63, 3.8) is 0 Å². The second kappa shape index (κ2) is 16.5. The largest absolute Gasteiger partial charge is 0.454 e. The minimum Gasteiger partial charge on any atom is -0.454 e. The molecule has 1 spiro atoms. The van der Waals surface area contributed by atoms with E-state index in [1.165, 1.54) is 102 Å². The van der Waals surface area contributed by atoms with Gasteiger partial charge in [-0.15, -0.1) is 0 Å². The van der Waals surface area contributed by atoms with Crippen LogP contribution < -0.4 is 25.5 Å². The lowest BCUT2D eigenvalue weighted by atomic mass is 9.42. The number of hydrogen-bond acceptors (Lipinski definition) is 4. The minimum absolute atomic E-state index is 0.00740. The van der Waals surface area contributed by atoms with Gasteiger partial charge in [-0.3, -0.25) is 0 Å². The van der Waals surface area contributed by atoms with Crippen LogP contribution in [-0.4, -0.2) is 6.85 Å². The average Bonchev–Trinajstić information content (AvgIpc) is 2.00. The van der Waals surface area contributed by atoms with E-state index in [9.17, 15) is 0 Å². The molecule has 16 rings (SSSR count). The Morgan fingerprint density at radius 2 is 1.15 bits per heavy atom. The van der Waals surface area contributed by atoms with Gasteiger partial charge in [0.1, 0.15) is 5.58 Å². The van der Waals surface area contributed by atoms with Crippen LogP contribution in [0.3, 0.4) is 0 Å². The molecule has 3 aliphatic heterocycles. The van der Waals surface area contributed by atoms with Crippen molar-refractivity contribution in [2.24, 2.45) is 0 Å². The van der Waals surface area contributed by atoms with Crippen LogP contribution in [0.4, 0.5) is 45.5 Å². The molecule has 0 fully saturated rings. The maximum atomic E-state index is 7.30. The Balaban J connectivity index is 1.06. The summed E-state index contributed by atoms with van der Waals surface area (Å²) in [5.74, 6) is 0. The van der Waals surface area contributed by atoms with E-state index in [4.69, 9.17) is 4.42 Å². The van der Waals surface area contributed by atoms with E-state index in [1.54, 1.807) is 0 Å². The number of anilines is 8. The zero-order valence-electron chi connectivity index (χ0n) is 45.1. The van der Waals surface area contributed by atoms with Crippen LogP contribution in [0.1, 0.15) is 99.2 Å². The van der Waals surface area contributed by atoms with Crippen molar-refractivity contribution in [1.82, 2.24) is 0 Å². The number of rotatable bonds is 7. The number of furan rings is 1. The third kappa shape index (κ3) is 6.13. The molecule has 4 nitrogen and oxygen atoms in total. The maximum Gasteiger partial charge on any atom is 0.333 e. The van der Waals surface area contributed by atoms with E-state index >= 15 is 0 Å². The van der Waals surface area contributed by atoms with Crippen molar-refractivity contribution >= 4 is 85.2 Å². The first-order valence-electron chi connectivity index (χ1n) is 28.4. The fourth-order valence-electron chi connectivity index (χ4n) is 15.1. The molecule has 1 aromatic heterocycles. The molecule has 4 heterocycles. The first kappa shape index (κ1) is 45.6. The van der Waals surface area contributed by atoms with Crippen molar-refractivity contribution in [3.8, 4) is 22.3 Å². The van der Waals surface area contributed by atoms with E-state index in [1.807, 2.05) is 0 Å². The topological polar surface area (TPSA) is 22.9 Å². The molecule has 0 saturated carbocycles. The molecule has 11 aromatic rings. The molecule has 2 aliphatic carbocycles. The van der Waals surface area contributed by atoms with Gasteiger partial charge in [0, 0.05) is 50.5 Å². The summed E-state index contributed by atoms with van der Waals surface area (Å²) in [6, 6.07) is 81.1. The summed E-state index contributed by atoms with van der Waals surface area (Å²) in [5.41, 5.74) is 27.6. The molecular formula is C73H60BN3O. The van der Waals surface area contributed by atoms with E-state index in [0.29, 0.717) is 0 Å². The molecule has 0 amide bonds. The first-order chi connectivity index (χ1) is 38.2. The Labute approximate surface area is 458 Å². The van der Waals surface area contributed by atoms with Gasteiger partial charge in [-0.05, 0) is 170 Å². The number of fused-ring (bicyclic) bond motifs is 18. The summed E-state index contributed by atoms with van der Waals surface area (Å²) in [6.07, 6.45) is 5.70. The minimum atomic E-state index is -0.579. The molecule has 0 bridgehead atoms. The Kier molecular flexibility index (Phi) is 9.65. The highest BCUT2D eigenvalue weighted by molar-refractivity contribution is 6.94. The van der Waals surface area contributed by atoms with Gasteiger partial charge in [0.15, 0.2) is 5.58 Å². The third-order valence-corrected chi connectivity index (χ3v) is 18.9. The number of benzene rings is 10. The molecule has 78 heavy (non-hydrogen) atoms. The molecule has 0 radical (unpaired) electrons. The van der Waals surface area contributed by atoms with Gasteiger partial charge in [0.2, 0.25) is 0 Å². The number of aryl methyl sites for hydroxylation is 1. The summed E-state index contributed by atoms with van der Waals surface area (Å²) in [7, 11) is 0. The molecule has 0 unspecified atom stereocenters. The van der Waals surface area contributed by atoms with E-state index in [0.717, 1.165) is 69.5 Å². The smallest absolute Gasteiger partial charge is 0.333 e. The van der Waals surface area contributed by atoms with Crippen LogP contribution in [0.5, 0.6) is 0 Å². The second-order valence-electron chi connectivity index (χ2n) is 24.0. The summed E-state index contributed by atoms with van der Waals surface area (Å²) >= 11 is 0. The maximum absolute atomic E-state index is 7.30. The van der Waals surface area contributed by atoms with Gasteiger partial charge in [0.25, 0.3) is 0 Å². The van der Waals surface area contributed by atoms with Crippen LogP contribution >= 0.6 is 0 Å². The second-order valence-corrected chi connectivity index (χ2v) is 24.0. The fraction of sp³-hybridized carbons (Fsp3) is 0.178. The van der Waals surface area contributed by atoms with Crippen molar-refractivity contribution in [3.05, 3.63) is 251 Å². The quantitative estimate of drug-likeness (QED) is 0.148. The van der Waals surface area contributed by atoms with Gasteiger partial charge in [-0.1, -0.05) is 187 Å². The Morgan fingerprint density at radius 3 is 1.92 bits per heavy atom. The summed E-state index contributed by atoms with van der Waals surface area (Å²) in [6.45, 7) is 11.8. The number of nitrogens with zero attached hydrogens (tertiary/aromatic N) is 3. The lowest BCUT2D eigenvalue weighted by Gasteiger charge is -2.52. The normalized spacial score (nSPS) is 16.0. The monoisotopic (exact) mass is 1010 g/mol. The molecular weight excluding hydrogens is 946 g/mol. The molecule has 5 aliphatic rings. The highest BCUT2D eigenvalue weighted by Crippen LogP contribution is 2.65. The highest BCUT2D eigenvalue weighted by Gasteiger charge is 2.56. The molecule has 5 heteroatoms. The van der Waals surface area contributed by atoms with Gasteiger partial charge in [0.05, 0.1) is 16.8 Å². The van der Waals surface area contributed by atoms with Crippen molar-refractivity contribution < 1.29 is 4.42 Å². The van der Waals surface area contributed by atoms with Gasteiger partial charge in [-0.25, -0.2) is 0 Å². The van der Waals surface area contributed by atoms with Crippen LogP contribution in [0.25, 0.3) is 44.2 Å². The van der Waals surface area contributed by atoms with Crippen LogP contribution in [-0.2, 0) is 22.7 Å². The highest BCUT2D eigenvalue weighted by atomic mass is 16.3.